The van der Waals surface area contributed by atoms with Gasteiger partial charge in [-0.1, -0.05) is 26.0 Å². The number of rotatable bonds is 7. The molecule has 0 radical (unpaired) electrons. The molecule has 3 aromatic rings. The SMILES string of the molecule is CC(C)CCNc1ncccc1C(=O)N1CCN(Cc2ccc3cnccc3c2)C[C@@H]1C. The van der Waals surface area contributed by atoms with Crippen LogP contribution in [-0.2, 0) is 6.54 Å². The van der Waals surface area contributed by atoms with E-state index in [-0.39, 0.29) is 11.9 Å². The van der Waals surface area contributed by atoms with Crippen molar-refractivity contribution in [1.29, 1.82) is 0 Å². The van der Waals surface area contributed by atoms with Gasteiger partial charge in [-0.15, -0.1) is 0 Å². The van der Waals surface area contributed by atoms with Gasteiger partial charge in [-0.2, -0.15) is 0 Å². The highest BCUT2D eigenvalue weighted by molar-refractivity contribution is 5.99. The van der Waals surface area contributed by atoms with Gasteiger partial charge in [-0.05, 0) is 54.5 Å². The topological polar surface area (TPSA) is 61.4 Å². The van der Waals surface area contributed by atoms with Crippen LogP contribution in [0.3, 0.4) is 0 Å². The van der Waals surface area contributed by atoms with E-state index in [0.29, 0.717) is 17.3 Å². The van der Waals surface area contributed by atoms with E-state index in [0.717, 1.165) is 44.5 Å². The minimum absolute atomic E-state index is 0.0653. The molecular formula is C26H33N5O. The number of carbonyl (C=O) groups excluding carboxylic acids is 1. The van der Waals surface area contributed by atoms with E-state index >= 15 is 0 Å². The molecule has 0 unspecified atom stereocenters. The number of carbonyl (C=O) groups is 1. The zero-order valence-electron chi connectivity index (χ0n) is 19.3. The predicted molar refractivity (Wildman–Crippen MR) is 130 cm³/mol. The molecule has 32 heavy (non-hydrogen) atoms. The number of aromatic nitrogens is 2. The first-order chi connectivity index (χ1) is 15.5. The number of nitrogens with zero attached hydrogens (tertiary/aromatic N) is 4. The zero-order valence-corrected chi connectivity index (χ0v) is 19.3. The van der Waals surface area contributed by atoms with Gasteiger partial charge in [0.05, 0.1) is 5.56 Å². The van der Waals surface area contributed by atoms with Crippen molar-refractivity contribution in [3.05, 3.63) is 66.1 Å². The van der Waals surface area contributed by atoms with E-state index < -0.39 is 0 Å². The Labute approximate surface area is 190 Å². The van der Waals surface area contributed by atoms with Crippen LogP contribution in [-0.4, -0.2) is 57.9 Å². The smallest absolute Gasteiger partial charge is 0.257 e. The molecule has 4 rings (SSSR count). The summed E-state index contributed by atoms with van der Waals surface area (Å²) >= 11 is 0. The highest BCUT2D eigenvalue weighted by atomic mass is 16.2. The normalized spacial score (nSPS) is 17.1. The molecular weight excluding hydrogens is 398 g/mol. The summed E-state index contributed by atoms with van der Waals surface area (Å²) in [6.07, 6.45) is 6.53. The molecule has 168 valence electrons. The van der Waals surface area contributed by atoms with E-state index in [1.165, 1.54) is 10.9 Å². The van der Waals surface area contributed by atoms with E-state index in [4.69, 9.17) is 0 Å². The van der Waals surface area contributed by atoms with Crippen molar-refractivity contribution in [1.82, 2.24) is 19.8 Å². The van der Waals surface area contributed by atoms with Gasteiger partial charge >= 0.3 is 0 Å². The summed E-state index contributed by atoms with van der Waals surface area (Å²) in [6, 6.07) is 12.5. The Kier molecular flexibility index (Phi) is 7.00. The van der Waals surface area contributed by atoms with Crippen LogP contribution in [0.5, 0.6) is 0 Å². The van der Waals surface area contributed by atoms with Crippen LogP contribution in [0, 0.1) is 5.92 Å². The lowest BCUT2D eigenvalue weighted by Gasteiger charge is -2.40. The third kappa shape index (κ3) is 5.25. The molecule has 1 amide bonds. The molecule has 6 heteroatoms. The van der Waals surface area contributed by atoms with Crippen molar-refractivity contribution in [2.75, 3.05) is 31.5 Å². The van der Waals surface area contributed by atoms with Crippen molar-refractivity contribution < 1.29 is 4.79 Å². The van der Waals surface area contributed by atoms with Crippen molar-refractivity contribution >= 4 is 22.5 Å². The van der Waals surface area contributed by atoms with Gasteiger partial charge < -0.3 is 10.2 Å². The lowest BCUT2D eigenvalue weighted by molar-refractivity contribution is 0.0476. The second-order valence-electron chi connectivity index (χ2n) is 9.15. The lowest BCUT2D eigenvalue weighted by atomic mass is 10.1. The monoisotopic (exact) mass is 431 g/mol. The van der Waals surface area contributed by atoms with Gasteiger partial charge in [0.2, 0.25) is 0 Å². The summed E-state index contributed by atoms with van der Waals surface area (Å²) in [5, 5.41) is 5.74. The predicted octanol–water partition coefficient (Wildman–Crippen LogP) is 4.43. The summed E-state index contributed by atoms with van der Waals surface area (Å²) in [5.74, 6) is 1.37. The van der Waals surface area contributed by atoms with E-state index in [1.54, 1.807) is 6.20 Å². The second-order valence-corrected chi connectivity index (χ2v) is 9.15. The van der Waals surface area contributed by atoms with Crippen LogP contribution in [0.15, 0.2) is 55.0 Å². The zero-order chi connectivity index (χ0) is 22.5. The Bertz CT molecular complexity index is 1070. The molecule has 0 spiro atoms. The van der Waals surface area contributed by atoms with Crippen LogP contribution in [0.2, 0.25) is 0 Å². The Morgan fingerprint density at radius 3 is 2.84 bits per heavy atom. The quantitative estimate of drug-likeness (QED) is 0.599. The number of hydrogen-bond acceptors (Lipinski definition) is 5. The first kappa shape index (κ1) is 22.2. The van der Waals surface area contributed by atoms with Crippen molar-refractivity contribution in [3.8, 4) is 0 Å². The number of hydrogen-bond donors (Lipinski definition) is 1. The molecule has 0 saturated carbocycles. The summed E-state index contributed by atoms with van der Waals surface area (Å²) in [7, 11) is 0. The molecule has 2 aromatic heterocycles. The maximum Gasteiger partial charge on any atom is 0.257 e. The fourth-order valence-corrected chi connectivity index (χ4v) is 4.32. The number of nitrogens with one attached hydrogen (secondary N) is 1. The number of piperazine rings is 1. The largest absolute Gasteiger partial charge is 0.369 e. The Balaban J connectivity index is 1.39. The maximum atomic E-state index is 13.4. The lowest BCUT2D eigenvalue weighted by Crippen LogP contribution is -2.53. The fraction of sp³-hybridized carbons (Fsp3) is 0.423. The molecule has 1 saturated heterocycles. The average Bonchev–Trinajstić information content (AvgIpc) is 2.79. The molecule has 1 aliphatic heterocycles. The number of fused-ring (bicyclic) bond motifs is 1. The first-order valence-electron chi connectivity index (χ1n) is 11.6. The number of pyridine rings is 2. The highest BCUT2D eigenvalue weighted by Crippen LogP contribution is 2.21. The molecule has 3 heterocycles. The fourth-order valence-electron chi connectivity index (χ4n) is 4.32. The molecule has 1 N–H and O–H groups in total. The average molecular weight is 432 g/mol. The van der Waals surface area contributed by atoms with E-state index in [2.05, 4.69) is 65.2 Å². The van der Waals surface area contributed by atoms with Gasteiger partial charge in [0.15, 0.2) is 0 Å². The minimum Gasteiger partial charge on any atom is -0.369 e. The van der Waals surface area contributed by atoms with Crippen LogP contribution in [0.25, 0.3) is 10.8 Å². The summed E-state index contributed by atoms with van der Waals surface area (Å²) in [4.78, 5) is 26.4. The van der Waals surface area contributed by atoms with Gasteiger partial charge in [-0.3, -0.25) is 14.7 Å². The van der Waals surface area contributed by atoms with Crippen LogP contribution in [0.1, 0.15) is 43.1 Å². The van der Waals surface area contributed by atoms with Gasteiger partial charge in [-0.25, -0.2) is 4.98 Å². The third-order valence-corrected chi connectivity index (χ3v) is 6.14. The maximum absolute atomic E-state index is 13.4. The molecule has 1 aromatic carbocycles. The Hall–Kier alpha value is -2.99. The number of benzene rings is 1. The van der Waals surface area contributed by atoms with Crippen LogP contribution >= 0.6 is 0 Å². The Morgan fingerprint density at radius 2 is 2.03 bits per heavy atom. The number of anilines is 1. The molecule has 6 nitrogen and oxygen atoms in total. The molecule has 1 atom stereocenters. The standard InChI is InChI=1S/C26H33N5O/c1-19(2)8-12-29-25-24(5-4-10-28-25)26(32)31-14-13-30(17-20(31)3)18-21-6-7-23-16-27-11-9-22(23)15-21/h4-7,9-11,15-16,19-20H,8,12-14,17-18H2,1-3H3,(H,28,29)/t20-/m0/s1. The Morgan fingerprint density at radius 1 is 1.16 bits per heavy atom. The van der Waals surface area contributed by atoms with Crippen molar-refractivity contribution in [3.63, 3.8) is 0 Å². The van der Waals surface area contributed by atoms with Crippen LogP contribution in [0.4, 0.5) is 5.82 Å². The summed E-state index contributed by atoms with van der Waals surface area (Å²) < 4.78 is 0. The van der Waals surface area contributed by atoms with Gasteiger partial charge in [0, 0.05) is 62.7 Å². The van der Waals surface area contributed by atoms with Gasteiger partial charge in [0.25, 0.3) is 5.91 Å². The van der Waals surface area contributed by atoms with Gasteiger partial charge in [0.1, 0.15) is 5.82 Å². The van der Waals surface area contributed by atoms with Crippen molar-refractivity contribution in [2.24, 2.45) is 5.92 Å². The van der Waals surface area contributed by atoms with E-state index in [9.17, 15) is 4.79 Å². The summed E-state index contributed by atoms with van der Waals surface area (Å²) in [5.41, 5.74) is 1.96. The minimum atomic E-state index is 0.0653. The molecule has 1 aliphatic rings. The molecule has 1 fully saturated rings. The molecule has 0 bridgehead atoms. The number of amides is 1. The highest BCUT2D eigenvalue weighted by Gasteiger charge is 2.29. The second kappa shape index (κ2) is 10.1. The van der Waals surface area contributed by atoms with Crippen molar-refractivity contribution in [2.45, 2.75) is 39.8 Å². The third-order valence-electron chi connectivity index (χ3n) is 6.14. The summed E-state index contributed by atoms with van der Waals surface area (Å²) in [6.45, 7) is 10.7. The van der Waals surface area contributed by atoms with Crippen LogP contribution < -0.4 is 5.32 Å². The molecule has 0 aliphatic carbocycles. The first-order valence-corrected chi connectivity index (χ1v) is 11.6. The van der Waals surface area contributed by atoms with E-state index in [1.807, 2.05) is 29.4 Å².